The fraction of sp³-hybridized carbons (Fsp3) is 0.300. The van der Waals surface area contributed by atoms with E-state index in [1.165, 1.54) is 13.2 Å². The van der Waals surface area contributed by atoms with Gasteiger partial charge >= 0.3 is 0 Å². The Labute approximate surface area is 152 Å². The van der Waals surface area contributed by atoms with Crippen LogP contribution in [0.4, 0.5) is 4.39 Å². The van der Waals surface area contributed by atoms with Crippen LogP contribution in [0.15, 0.2) is 48.5 Å². The molecule has 2 amide bonds. The summed E-state index contributed by atoms with van der Waals surface area (Å²) >= 11 is 0. The number of nitrogens with zero attached hydrogens (tertiary/aromatic N) is 1. The van der Waals surface area contributed by atoms with E-state index >= 15 is 0 Å². The first kappa shape index (κ1) is 19.4. The van der Waals surface area contributed by atoms with Crippen molar-refractivity contribution < 1.29 is 18.7 Å². The zero-order valence-electron chi connectivity index (χ0n) is 15.0. The van der Waals surface area contributed by atoms with Crippen LogP contribution in [0.2, 0.25) is 0 Å². The van der Waals surface area contributed by atoms with Crippen LogP contribution in [-0.2, 0) is 11.3 Å². The smallest absolute Gasteiger partial charge is 0.251 e. The van der Waals surface area contributed by atoms with Crippen LogP contribution < -0.4 is 10.1 Å². The molecule has 0 fully saturated rings. The lowest BCUT2D eigenvalue weighted by atomic mass is 10.2. The summed E-state index contributed by atoms with van der Waals surface area (Å²) in [5, 5.41) is 2.73. The van der Waals surface area contributed by atoms with Gasteiger partial charge in [-0.1, -0.05) is 24.3 Å². The summed E-state index contributed by atoms with van der Waals surface area (Å²) in [7, 11) is 1.41. The fourth-order valence-corrected chi connectivity index (χ4v) is 2.54. The summed E-state index contributed by atoms with van der Waals surface area (Å²) in [6.07, 6.45) is 0.186. The molecule has 0 bridgehead atoms. The molecule has 0 aliphatic heterocycles. The minimum absolute atomic E-state index is 0.0999. The van der Waals surface area contributed by atoms with Crippen LogP contribution >= 0.6 is 0 Å². The molecule has 5 nitrogen and oxygen atoms in total. The maximum atomic E-state index is 13.8. The molecule has 6 heteroatoms. The first-order valence-electron chi connectivity index (χ1n) is 8.48. The summed E-state index contributed by atoms with van der Waals surface area (Å²) in [6, 6.07) is 13.5. The number of methoxy groups -OCH3 is 1. The molecule has 0 aromatic heterocycles. The number of halogens is 1. The second-order valence-corrected chi connectivity index (χ2v) is 5.75. The van der Waals surface area contributed by atoms with Gasteiger partial charge in [-0.15, -0.1) is 0 Å². The highest BCUT2D eigenvalue weighted by Gasteiger charge is 2.14. The first-order valence-corrected chi connectivity index (χ1v) is 8.48. The Morgan fingerprint density at radius 2 is 1.88 bits per heavy atom. The summed E-state index contributed by atoms with van der Waals surface area (Å²) < 4.78 is 18.7. The summed E-state index contributed by atoms with van der Waals surface area (Å²) in [5.74, 6) is -0.592. The molecule has 0 radical (unpaired) electrons. The van der Waals surface area contributed by atoms with E-state index in [1.807, 2.05) is 13.0 Å². The molecule has 138 valence electrons. The van der Waals surface area contributed by atoms with Crippen LogP contribution in [0, 0.1) is 5.82 Å². The largest absolute Gasteiger partial charge is 0.494 e. The Morgan fingerprint density at radius 3 is 2.50 bits per heavy atom. The van der Waals surface area contributed by atoms with Crippen LogP contribution in [-0.4, -0.2) is 36.9 Å². The molecule has 2 rings (SSSR count). The van der Waals surface area contributed by atoms with Gasteiger partial charge in [0.15, 0.2) is 11.6 Å². The van der Waals surface area contributed by atoms with Gasteiger partial charge in [0.25, 0.3) is 5.91 Å². The van der Waals surface area contributed by atoms with Gasteiger partial charge in [0.1, 0.15) is 0 Å². The number of rotatable bonds is 8. The zero-order valence-corrected chi connectivity index (χ0v) is 15.0. The molecule has 2 aromatic carbocycles. The number of benzene rings is 2. The van der Waals surface area contributed by atoms with Gasteiger partial charge in [0, 0.05) is 31.6 Å². The van der Waals surface area contributed by atoms with Gasteiger partial charge in [-0.3, -0.25) is 9.59 Å². The standard InChI is InChI=1S/C20H23FN2O3/c1-3-23(14-15-9-10-18(26-2)17(21)13-15)19(24)11-12-22-20(25)16-7-5-4-6-8-16/h4-10,13H,3,11-12,14H2,1-2H3,(H,22,25). The highest BCUT2D eigenvalue weighted by molar-refractivity contribution is 5.94. The Balaban J connectivity index is 1.86. The maximum absolute atomic E-state index is 13.8. The minimum Gasteiger partial charge on any atom is -0.494 e. The number of hydrogen-bond donors (Lipinski definition) is 1. The van der Waals surface area contributed by atoms with Crippen LogP contribution in [0.5, 0.6) is 5.75 Å². The molecule has 0 aliphatic carbocycles. The van der Waals surface area contributed by atoms with Crippen LogP contribution in [0.1, 0.15) is 29.3 Å². The molecule has 0 saturated heterocycles. The van der Waals surface area contributed by atoms with E-state index in [9.17, 15) is 14.0 Å². The Hall–Kier alpha value is -2.89. The number of ether oxygens (including phenoxy) is 1. The highest BCUT2D eigenvalue weighted by atomic mass is 19.1. The van der Waals surface area contributed by atoms with Gasteiger partial charge in [-0.05, 0) is 36.8 Å². The zero-order chi connectivity index (χ0) is 18.9. The van der Waals surface area contributed by atoms with Crippen LogP contribution in [0.3, 0.4) is 0 Å². The molecule has 2 aromatic rings. The number of carbonyl (C=O) groups is 2. The van der Waals surface area contributed by atoms with Crippen molar-refractivity contribution in [2.75, 3.05) is 20.2 Å². The van der Waals surface area contributed by atoms with Crippen molar-refractivity contribution in [2.24, 2.45) is 0 Å². The number of hydrogen-bond acceptors (Lipinski definition) is 3. The van der Waals surface area contributed by atoms with E-state index in [0.29, 0.717) is 24.2 Å². The Bertz CT molecular complexity index is 750. The second-order valence-electron chi connectivity index (χ2n) is 5.75. The molecule has 0 saturated carbocycles. The SMILES string of the molecule is CCN(Cc1ccc(OC)c(F)c1)C(=O)CCNC(=O)c1ccccc1. The van der Waals surface area contributed by atoms with Crippen molar-refractivity contribution >= 4 is 11.8 Å². The van der Waals surface area contributed by atoms with E-state index in [4.69, 9.17) is 4.74 Å². The molecule has 0 heterocycles. The maximum Gasteiger partial charge on any atom is 0.251 e. The highest BCUT2D eigenvalue weighted by Crippen LogP contribution is 2.18. The summed E-state index contributed by atoms with van der Waals surface area (Å²) in [4.78, 5) is 25.9. The Morgan fingerprint density at radius 1 is 1.15 bits per heavy atom. The van der Waals surface area contributed by atoms with Crippen LogP contribution in [0.25, 0.3) is 0 Å². The van der Waals surface area contributed by atoms with Gasteiger partial charge < -0.3 is 15.0 Å². The van der Waals surface area contributed by atoms with E-state index in [1.54, 1.807) is 41.3 Å². The van der Waals surface area contributed by atoms with Crippen molar-refractivity contribution in [3.05, 3.63) is 65.5 Å². The molecule has 26 heavy (non-hydrogen) atoms. The van der Waals surface area contributed by atoms with Crippen molar-refractivity contribution in [2.45, 2.75) is 19.9 Å². The predicted octanol–water partition coefficient (Wildman–Crippen LogP) is 3.00. The van der Waals surface area contributed by atoms with E-state index in [2.05, 4.69) is 5.32 Å². The van der Waals surface area contributed by atoms with E-state index < -0.39 is 5.82 Å². The van der Waals surface area contributed by atoms with E-state index in [-0.39, 0.29) is 30.5 Å². The molecule has 0 unspecified atom stereocenters. The summed E-state index contributed by atoms with van der Waals surface area (Å²) in [6.45, 7) is 2.92. The summed E-state index contributed by atoms with van der Waals surface area (Å²) in [5.41, 5.74) is 1.24. The Kier molecular flexibility index (Phi) is 7.14. The van der Waals surface area contributed by atoms with Crippen molar-refractivity contribution in [3.63, 3.8) is 0 Å². The van der Waals surface area contributed by atoms with Gasteiger partial charge in [-0.2, -0.15) is 0 Å². The van der Waals surface area contributed by atoms with Crippen molar-refractivity contribution in [1.82, 2.24) is 10.2 Å². The van der Waals surface area contributed by atoms with Gasteiger partial charge in [0.05, 0.1) is 7.11 Å². The third kappa shape index (κ3) is 5.31. The third-order valence-electron chi connectivity index (χ3n) is 3.98. The van der Waals surface area contributed by atoms with Crippen molar-refractivity contribution in [3.8, 4) is 5.75 Å². The number of nitrogens with one attached hydrogen (secondary N) is 1. The van der Waals surface area contributed by atoms with Crippen molar-refractivity contribution in [1.29, 1.82) is 0 Å². The second kappa shape index (κ2) is 9.56. The minimum atomic E-state index is -0.455. The topological polar surface area (TPSA) is 58.6 Å². The fourth-order valence-electron chi connectivity index (χ4n) is 2.54. The molecular formula is C20H23FN2O3. The normalized spacial score (nSPS) is 10.3. The monoisotopic (exact) mass is 358 g/mol. The van der Waals surface area contributed by atoms with E-state index in [0.717, 1.165) is 0 Å². The molecule has 0 aliphatic rings. The predicted molar refractivity (Wildman–Crippen MR) is 97.4 cm³/mol. The van der Waals surface area contributed by atoms with Gasteiger partial charge in [0.2, 0.25) is 5.91 Å². The lowest BCUT2D eigenvalue weighted by Crippen LogP contribution is -2.34. The lowest BCUT2D eigenvalue weighted by Gasteiger charge is -2.21. The third-order valence-corrected chi connectivity index (χ3v) is 3.98. The molecule has 0 atom stereocenters. The quantitative estimate of drug-likeness (QED) is 0.789. The molecule has 1 N–H and O–H groups in total. The number of carbonyl (C=O) groups excluding carboxylic acids is 2. The van der Waals surface area contributed by atoms with Gasteiger partial charge in [-0.25, -0.2) is 4.39 Å². The molecular weight excluding hydrogens is 335 g/mol. The first-order chi connectivity index (χ1) is 12.5. The average Bonchev–Trinajstić information content (AvgIpc) is 2.66. The number of amides is 2. The lowest BCUT2D eigenvalue weighted by molar-refractivity contribution is -0.131. The average molecular weight is 358 g/mol. The molecule has 0 spiro atoms.